The van der Waals surface area contributed by atoms with E-state index in [1.807, 2.05) is 65.7 Å². The SMILES string of the molecule is Cc1ccc(C(CNC(=O)C(F)(F)F)N2CCC(c3ccc(CCCOc4cc(F)ccc4Br)cc3)=C(C(=O)OC3CC3)C2)cc1. The zero-order chi connectivity index (χ0) is 32.8. The van der Waals surface area contributed by atoms with Crippen LogP contribution in [0.25, 0.3) is 5.57 Å². The number of hydrogen-bond acceptors (Lipinski definition) is 5. The van der Waals surface area contributed by atoms with Gasteiger partial charge in [0.15, 0.2) is 0 Å². The standard InChI is InChI=1S/C35H35BrF4N2O4/c1-22-4-8-25(9-5-22)31(20-41-34(44)35(38,39)40)42-17-16-28(29(21-42)33(43)46-27-13-14-27)24-10-6-23(7-11-24)3-2-18-45-32-19-26(37)12-15-30(32)36/h4-12,15,19,27,31H,2-3,13-14,16-18,20-21H2,1H3,(H,41,44). The Hall–Kier alpha value is -3.70. The van der Waals surface area contributed by atoms with Crippen molar-refractivity contribution in [1.82, 2.24) is 10.2 Å². The van der Waals surface area contributed by atoms with Gasteiger partial charge in [-0.3, -0.25) is 9.69 Å². The highest BCUT2D eigenvalue weighted by Crippen LogP contribution is 2.35. The van der Waals surface area contributed by atoms with Crippen LogP contribution in [0, 0.1) is 12.7 Å². The average molecular weight is 704 g/mol. The number of amides is 1. The number of nitrogens with one attached hydrogen (secondary N) is 1. The molecule has 1 aliphatic heterocycles. The van der Waals surface area contributed by atoms with Crippen LogP contribution < -0.4 is 10.1 Å². The van der Waals surface area contributed by atoms with Gasteiger partial charge in [-0.25, -0.2) is 9.18 Å². The van der Waals surface area contributed by atoms with Crippen molar-refractivity contribution >= 4 is 33.4 Å². The fourth-order valence-corrected chi connectivity index (χ4v) is 5.78. The maximum Gasteiger partial charge on any atom is 0.471 e. The van der Waals surface area contributed by atoms with E-state index >= 15 is 0 Å². The highest BCUT2D eigenvalue weighted by atomic mass is 79.9. The summed E-state index contributed by atoms with van der Waals surface area (Å²) in [4.78, 5) is 27.1. The second kappa shape index (κ2) is 14.8. The van der Waals surface area contributed by atoms with Crippen LogP contribution in [0.15, 0.2) is 76.8 Å². The number of esters is 1. The van der Waals surface area contributed by atoms with E-state index in [1.54, 1.807) is 6.07 Å². The lowest BCUT2D eigenvalue weighted by Gasteiger charge is -2.37. The van der Waals surface area contributed by atoms with E-state index in [1.165, 1.54) is 12.1 Å². The van der Waals surface area contributed by atoms with E-state index in [0.717, 1.165) is 47.1 Å². The predicted octanol–water partition coefficient (Wildman–Crippen LogP) is 7.49. The molecule has 1 fully saturated rings. The zero-order valence-corrected chi connectivity index (χ0v) is 26.9. The van der Waals surface area contributed by atoms with Gasteiger partial charge >= 0.3 is 18.1 Å². The minimum absolute atomic E-state index is 0.117. The molecule has 1 heterocycles. The first-order valence-electron chi connectivity index (χ1n) is 15.2. The van der Waals surface area contributed by atoms with E-state index in [0.29, 0.717) is 41.8 Å². The maximum atomic E-state index is 13.5. The molecule has 0 saturated heterocycles. The van der Waals surface area contributed by atoms with Crippen molar-refractivity contribution in [2.45, 2.75) is 57.3 Å². The molecule has 2 aliphatic rings. The molecule has 1 unspecified atom stereocenters. The lowest BCUT2D eigenvalue weighted by Crippen LogP contribution is -2.45. The summed E-state index contributed by atoms with van der Waals surface area (Å²) < 4.78 is 64.7. The molecular weight excluding hydrogens is 668 g/mol. The Bertz CT molecular complexity index is 1570. The van der Waals surface area contributed by atoms with Gasteiger partial charge in [0.2, 0.25) is 0 Å². The molecule has 0 bridgehead atoms. The highest BCUT2D eigenvalue weighted by molar-refractivity contribution is 9.10. The summed E-state index contributed by atoms with van der Waals surface area (Å²) in [5.41, 5.74) is 5.00. The maximum absolute atomic E-state index is 13.5. The zero-order valence-electron chi connectivity index (χ0n) is 25.3. The quantitative estimate of drug-likeness (QED) is 0.120. The molecule has 1 N–H and O–H groups in total. The van der Waals surface area contributed by atoms with E-state index in [-0.39, 0.29) is 25.0 Å². The molecule has 0 radical (unpaired) electrons. The van der Waals surface area contributed by atoms with Crippen LogP contribution in [0.2, 0.25) is 0 Å². The van der Waals surface area contributed by atoms with Gasteiger partial charge in [-0.2, -0.15) is 13.2 Å². The molecule has 5 rings (SSSR count). The molecule has 3 aromatic carbocycles. The summed E-state index contributed by atoms with van der Waals surface area (Å²) in [6.45, 7) is 2.68. The number of ether oxygens (including phenoxy) is 2. The number of carbonyl (C=O) groups is 2. The second-order valence-corrected chi connectivity index (χ2v) is 12.5. The van der Waals surface area contributed by atoms with Crippen molar-refractivity contribution in [3.8, 4) is 5.75 Å². The molecular formula is C35H35BrF4N2O4. The number of benzene rings is 3. The number of hydrogen-bond donors (Lipinski definition) is 1. The lowest BCUT2D eigenvalue weighted by atomic mass is 9.90. The molecule has 1 aliphatic carbocycles. The summed E-state index contributed by atoms with van der Waals surface area (Å²) in [6, 6.07) is 19.1. The third-order valence-corrected chi connectivity index (χ3v) is 8.75. The number of carbonyl (C=O) groups excluding carboxylic acids is 2. The Kier molecular flexibility index (Phi) is 10.8. The molecule has 1 atom stereocenters. The Morgan fingerprint density at radius 2 is 1.76 bits per heavy atom. The van der Waals surface area contributed by atoms with Gasteiger partial charge in [0.1, 0.15) is 17.7 Å². The number of rotatable bonds is 12. The van der Waals surface area contributed by atoms with E-state index < -0.39 is 24.1 Å². The van der Waals surface area contributed by atoms with Crippen LogP contribution in [0.4, 0.5) is 17.6 Å². The van der Waals surface area contributed by atoms with Crippen LogP contribution in [0.3, 0.4) is 0 Å². The summed E-state index contributed by atoms with van der Waals surface area (Å²) in [5.74, 6) is -2.34. The van der Waals surface area contributed by atoms with Crippen LogP contribution >= 0.6 is 15.9 Å². The lowest BCUT2D eigenvalue weighted by molar-refractivity contribution is -0.173. The molecule has 1 saturated carbocycles. The minimum atomic E-state index is -5.00. The summed E-state index contributed by atoms with van der Waals surface area (Å²) >= 11 is 3.36. The third-order valence-electron chi connectivity index (χ3n) is 8.10. The Morgan fingerprint density at radius 3 is 2.43 bits per heavy atom. The molecule has 244 valence electrons. The topological polar surface area (TPSA) is 67.9 Å². The Balaban J connectivity index is 1.31. The van der Waals surface area contributed by atoms with Crippen molar-refractivity contribution < 1.29 is 36.6 Å². The second-order valence-electron chi connectivity index (χ2n) is 11.6. The Morgan fingerprint density at radius 1 is 1.04 bits per heavy atom. The van der Waals surface area contributed by atoms with Gasteiger partial charge in [0, 0.05) is 25.7 Å². The monoisotopic (exact) mass is 702 g/mol. The predicted molar refractivity (Wildman–Crippen MR) is 170 cm³/mol. The van der Waals surface area contributed by atoms with Crippen LogP contribution in [0.5, 0.6) is 5.75 Å². The normalized spacial score (nSPS) is 16.2. The van der Waals surface area contributed by atoms with E-state index in [9.17, 15) is 27.2 Å². The van der Waals surface area contributed by atoms with Gasteiger partial charge in [-0.05, 0) is 89.4 Å². The van der Waals surface area contributed by atoms with E-state index in [2.05, 4.69) is 15.9 Å². The van der Waals surface area contributed by atoms with Crippen molar-refractivity contribution in [3.05, 3.63) is 105 Å². The van der Waals surface area contributed by atoms with Crippen LogP contribution in [-0.4, -0.2) is 55.3 Å². The van der Waals surface area contributed by atoms with Crippen LogP contribution in [-0.2, 0) is 20.7 Å². The van der Waals surface area contributed by atoms with Gasteiger partial charge in [0.25, 0.3) is 0 Å². The number of aryl methyl sites for hydroxylation is 2. The van der Waals surface area contributed by atoms with Gasteiger partial charge < -0.3 is 14.8 Å². The largest absolute Gasteiger partial charge is 0.492 e. The van der Waals surface area contributed by atoms with Gasteiger partial charge in [-0.1, -0.05) is 54.1 Å². The Labute approximate surface area is 273 Å². The highest BCUT2D eigenvalue weighted by Gasteiger charge is 2.40. The third kappa shape index (κ3) is 8.97. The van der Waals surface area contributed by atoms with Crippen LogP contribution in [0.1, 0.15) is 54.0 Å². The molecule has 6 nitrogen and oxygen atoms in total. The molecule has 3 aromatic rings. The number of alkyl halides is 3. The summed E-state index contributed by atoms with van der Waals surface area (Å²) in [6.07, 6.45) is -1.58. The molecule has 0 spiro atoms. The first kappa shape index (κ1) is 33.7. The fraction of sp³-hybridized carbons (Fsp3) is 0.371. The van der Waals surface area contributed by atoms with E-state index in [4.69, 9.17) is 9.47 Å². The molecule has 46 heavy (non-hydrogen) atoms. The average Bonchev–Trinajstić information content (AvgIpc) is 3.85. The molecule has 1 amide bonds. The minimum Gasteiger partial charge on any atom is -0.492 e. The van der Waals surface area contributed by atoms with Crippen molar-refractivity contribution in [3.63, 3.8) is 0 Å². The van der Waals surface area contributed by atoms with Crippen molar-refractivity contribution in [2.75, 3.05) is 26.2 Å². The first-order valence-corrected chi connectivity index (χ1v) is 16.0. The fourth-order valence-electron chi connectivity index (χ4n) is 5.42. The van der Waals surface area contributed by atoms with Crippen molar-refractivity contribution in [2.24, 2.45) is 0 Å². The first-order chi connectivity index (χ1) is 22.0. The van der Waals surface area contributed by atoms with Crippen molar-refractivity contribution in [1.29, 1.82) is 0 Å². The smallest absolute Gasteiger partial charge is 0.471 e. The summed E-state index contributed by atoms with van der Waals surface area (Å²) in [7, 11) is 0. The molecule has 11 heteroatoms. The molecule has 0 aromatic heterocycles. The van der Waals surface area contributed by atoms with Gasteiger partial charge in [0.05, 0.1) is 22.7 Å². The number of halogens is 5. The van der Waals surface area contributed by atoms with Gasteiger partial charge in [-0.15, -0.1) is 0 Å². The summed E-state index contributed by atoms with van der Waals surface area (Å²) in [5, 5.41) is 2.04. The number of nitrogens with zero attached hydrogens (tertiary/aromatic N) is 1.